The second-order valence-electron chi connectivity index (χ2n) is 5.79. The van der Waals surface area contributed by atoms with Gasteiger partial charge in [0.2, 0.25) is 11.0 Å². The summed E-state index contributed by atoms with van der Waals surface area (Å²) >= 11 is 2.60. The molecule has 3 rings (SSSR count). The van der Waals surface area contributed by atoms with Gasteiger partial charge in [-0.15, -0.1) is 10.2 Å². The minimum atomic E-state index is -0.275. The second-order valence-corrected chi connectivity index (χ2v) is 7.99. The Kier molecular flexibility index (Phi) is 6.72. The second kappa shape index (κ2) is 9.43. The van der Waals surface area contributed by atoms with Crippen molar-refractivity contribution >= 4 is 45.6 Å². The number of thioether (sulfide) groups is 1. The molecule has 0 bridgehead atoms. The molecule has 2 N–H and O–H groups in total. The standard InChI is InChI=1S/C19H17FN4O2S2/c1-12(25)15-4-2-3-5-16(15)22-17(26)11-27-19-24-23-18(28-19)21-10-13-6-8-14(20)9-7-13/h2-9H,10-11H2,1H3,(H,21,23)(H,22,26). The Morgan fingerprint density at radius 3 is 2.61 bits per heavy atom. The van der Waals surface area contributed by atoms with E-state index < -0.39 is 0 Å². The lowest BCUT2D eigenvalue weighted by atomic mass is 10.1. The number of carbonyl (C=O) groups is 2. The van der Waals surface area contributed by atoms with Crippen molar-refractivity contribution in [1.82, 2.24) is 10.2 Å². The van der Waals surface area contributed by atoms with Crippen LogP contribution in [0.15, 0.2) is 52.9 Å². The Morgan fingerprint density at radius 1 is 1.11 bits per heavy atom. The number of para-hydroxylation sites is 1. The van der Waals surface area contributed by atoms with Crippen molar-refractivity contribution < 1.29 is 14.0 Å². The number of rotatable bonds is 8. The van der Waals surface area contributed by atoms with Crippen LogP contribution in [0.1, 0.15) is 22.8 Å². The number of hydrogen-bond acceptors (Lipinski definition) is 7. The van der Waals surface area contributed by atoms with Crippen molar-refractivity contribution in [2.45, 2.75) is 17.8 Å². The third-order valence-corrected chi connectivity index (χ3v) is 5.68. The summed E-state index contributed by atoms with van der Waals surface area (Å²) < 4.78 is 13.6. The predicted octanol–water partition coefficient (Wildman–Crippen LogP) is 4.22. The molecule has 0 aliphatic carbocycles. The van der Waals surface area contributed by atoms with Crippen LogP contribution in [0.4, 0.5) is 15.2 Å². The van der Waals surface area contributed by atoms with Crippen LogP contribution in [0.25, 0.3) is 0 Å². The highest BCUT2D eigenvalue weighted by molar-refractivity contribution is 8.01. The molecule has 1 amide bonds. The lowest BCUT2D eigenvalue weighted by Crippen LogP contribution is -2.16. The number of nitrogens with zero attached hydrogens (tertiary/aromatic N) is 2. The van der Waals surface area contributed by atoms with Crippen LogP contribution in [0.3, 0.4) is 0 Å². The van der Waals surface area contributed by atoms with Gasteiger partial charge in [-0.25, -0.2) is 4.39 Å². The van der Waals surface area contributed by atoms with E-state index in [1.54, 1.807) is 36.4 Å². The predicted molar refractivity (Wildman–Crippen MR) is 109 cm³/mol. The summed E-state index contributed by atoms with van der Waals surface area (Å²) in [6.07, 6.45) is 0. The molecule has 28 heavy (non-hydrogen) atoms. The van der Waals surface area contributed by atoms with E-state index in [1.807, 2.05) is 0 Å². The van der Waals surface area contributed by atoms with Gasteiger partial charge in [-0.05, 0) is 36.8 Å². The van der Waals surface area contributed by atoms with E-state index >= 15 is 0 Å². The molecule has 144 valence electrons. The van der Waals surface area contributed by atoms with Gasteiger partial charge in [0.25, 0.3) is 0 Å². The van der Waals surface area contributed by atoms with Gasteiger partial charge >= 0.3 is 0 Å². The Hall–Kier alpha value is -2.78. The molecule has 0 saturated heterocycles. The molecule has 2 aromatic carbocycles. The first-order valence-electron chi connectivity index (χ1n) is 8.35. The number of ketones is 1. The molecule has 1 aromatic heterocycles. The number of anilines is 2. The van der Waals surface area contributed by atoms with Crippen LogP contribution in [-0.4, -0.2) is 27.6 Å². The van der Waals surface area contributed by atoms with Crippen LogP contribution in [0.5, 0.6) is 0 Å². The normalized spacial score (nSPS) is 10.5. The summed E-state index contributed by atoms with van der Waals surface area (Å²) in [5.74, 6) is -0.458. The number of amides is 1. The van der Waals surface area contributed by atoms with Gasteiger partial charge in [0, 0.05) is 12.1 Å². The third-order valence-electron chi connectivity index (χ3n) is 3.67. The molecule has 0 aliphatic heterocycles. The maximum atomic E-state index is 12.9. The fraction of sp³-hybridized carbons (Fsp3) is 0.158. The number of aromatic nitrogens is 2. The van der Waals surface area contributed by atoms with E-state index in [4.69, 9.17) is 0 Å². The van der Waals surface area contributed by atoms with Gasteiger partial charge < -0.3 is 10.6 Å². The first-order valence-corrected chi connectivity index (χ1v) is 10.2. The van der Waals surface area contributed by atoms with E-state index in [9.17, 15) is 14.0 Å². The number of carbonyl (C=O) groups excluding carboxylic acids is 2. The van der Waals surface area contributed by atoms with Crippen molar-refractivity contribution in [3.63, 3.8) is 0 Å². The van der Waals surface area contributed by atoms with Crippen molar-refractivity contribution in [3.05, 3.63) is 65.5 Å². The van der Waals surface area contributed by atoms with E-state index in [-0.39, 0.29) is 23.3 Å². The molecule has 0 fully saturated rings. The number of halogens is 1. The van der Waals surface area contributed by atoms with Crippen LogP contribution in [-0.2, 0) is 11.3 Å². The highest BCUT2D eigenvalue weighted by Crippen LogP contribution is 2.26. The number of Topliss-reactive ketones (excluding diaryl/α,β-unsaturated/α-hetero) is 1. The molecule has 1 heterocycles. The average molecular weight is 417 g/mol. The first-order chi connectivity index (χ1) is 13.5. The van der Waals surface area contributed by atoms with Gasteiger partial charge in [-0.3, -0.25) is 9.59 Å². The van der Waals surface area contributed by atoms with E-state index in [2.05, 4.69) is 20.8 Å². The number of nitrogens with one attached hydrogen (secondary N) is 2. The molecule has 3 aromatic rings. The molecular weight excluding hydrogens is 399 g/mol. The Balaban J connectivity index is 1.49. The van der Waals surface area contributed by atoms with Gasteiger partial charge in [0.1, 0.15) is 5.82 Å². The summed E-state index contributed by atoms with van der Waals surface area (Å²) in [5.41, 5.74) is 1.90. The summed E-state index contributed by atoms with van der Waals surface area (Å²) in [4.78, 5) is 23.8. The Labute approximate surface area is 169 Å². The SMILES string of the molecule is CC(=O)c1ccccc1NC(=O)CSc1nnc(NCc2ccc(F)cc2)s1. The van der Waals surface area contributed by atoms with Crippen LogP contribution < -0.4 is 10.6 Å². The molecular formula is C19H17FN4O2S2. The smallest absolute Gasteiger partial charge is 0.234 e. The zero-order valence-corrected chi connectivity index (χ0v) is 16.6. The minimum absolute atomic E-state index is 0.107. The van der Waals surface area contributed by atoms with E-state index in [0.29, 0.717) is 27.3 Å². The van der Waals surface area contributed by atoms with Crippen LogP contribution in [0, 0.1) is 5.82 Å². The highest BCUT2D eigenvalue weighted by atomic mass is 32.2. The largest absolute Gasteiger partial charge is 0.356 e. The average Bonchev–Trinajstić information content (AvgIpc) is 3.14. The fourth-order valence-electron chi connectivity index (χ4n) is 2.33. The van der Waals surface area contributed by atoms with Crippen LogP contribution >= 0.6 is 23.1 Å². The number of hydrogen-bond donors (Lipinski definition) is 2. The zero-order chi connectivity index (χ0) is 19.9. The maximum Gasteiger partial charge on any atom is 0.234 e. The molecule has 0 aliphatic rings. The summed E-state index contributed by atoms with van der Waals surface area (Å²) in [6, 6.07) is 13.1. The quantitative estimate of drug-likeness (QED) is 0.422. The van der Waals surface area contributed by atoms with Crippen molar-refractivity contribution in [3.8, 4) is 0 Å². The fourth-order valence-corrected chi connectivity index (χ4v) is 3.88. The monoisotopic (exact) mass is 416 g/mol. The van der Waals surface area contributed by atoms with Crippen molar-refractivity contribution in [1.29, 1.82) is 0 Å². The van der Waals surface area contributed by atoms with Gasteiger partial charge in [-0.1, -0.05) is 47.4 Å². The molecule has 9 heteroatoms. The zero-order valence-electron chi connectivity index (χ0n) is 14.9. The Morgan fingerprint density at radius 2 is 1.86 bits per heavy atom. The molecule has 0 radical (unpaired) electrons. The first kappa shape index (κ1) is 20.0. The molecule has 0 atom stereocenters. The van der Waals surface area contributed by atoms with Crippen LogP contribution in [0.2, 0.25) is 0 Å². The lowest BCUT2D eigenvalue weighted by Gasteiger charge is -2.08. The van der Waals surface area contributed by atoms with Gasteiger partial charge in [0.05, 0.1) is 11.4 Å². The Bertz CT molecular complexity index is 976. The van der Waals surface area contributed by atoms with Gasteiger partial charge in [-0.2, -0.15) is 0 Å². The summed E-state index contributed by atoms with van der Waals surface area (Å²) in [6.45, 7) is 1.96. The molecule has 0 saturated carbocycles. The molecule has 6 nitrogen and oxygen atoms in total. The highest BCUT2D eigenvalue weighted by Gasteiger charge is 2.12. The lowest BCUT2D eigenvalue weighted by molar-refractivity contribution is -0.113. The van der Waals surface area contributed by atoms with Gasteiger partial charge in [0.15, 0.2) is 10.1 Å². The topological polar surface area (TPSA) is 84.0 Å². The minimum Gasteiger partial charge on any atom is -0.356 e. The third kappa shape index (κ3) is 5.61. The summed E-state index contributed by atoms with van der Waals surface area (Å²) in [5, 5.41) is 14.6. The van der Waals surface area contributed by atoms with E-state index in [1.165, 1.54) is 42.2 Å². The maximum absolute atomic E-state index is 12.9. The van der Waals surface area contributed by atoms with E-state index in [0.717, 1.165) is 5.56 Å². The molecule has 0 spiro atoms. The number of benzene rings is 2. The van der Waals surface area contributed by atoms with Crippen molar-refractivity contribution in [2.75, 3.05) is 16.4 Å². The molecule has 0 unspecified atom stereocenters. The summed E-state index contributed by atoms with van der Waals surface area (Å²) in [7, 11) is 0. The van der Waals surface area contributed by atoms with Crippen molar-refractivity contribution in [2.24, 2.45) is 0 Å².